The van der Waals surface area contributed by atoms with Gasteiger partial charge in [0.15, 0.2) is 11.5 Å². The first-order chi connectivity index (χ1) is 19.9. The summed E-state index contributed by atoms with van der Waals surface area (Å²) in [6.07, 6.45) is 0.333. The summed E-state index contributed by atoms with van der Waals surface area (Å²) in [5.74, 6) is -0.272. The predicted molar refractivity (Wildman–Crippen MR) is 165 cm³/mol. The van der Waals surface area contributed by atoms with Gasteiger partial charge in [-0.2, -0.15) is 0 Å². The average Bonchev–Trinajstić information content (AvgIpc) is 2.95. The zero-order valence-electron chi connectivity index (χ0n) is 24.8. The van der Waals surface area contributed by atoms with E-state index in [1.807, 2.05) is 52.0 Å². The van der Waals surface area contributed by atoms with Crippen LogP contribution in [0.5, 0.6) is 11.5 Å². The van der Waals surface area contributed by atoms with E-state index in [4.69, 9.17) is 21.1 Å². The number of hydrogen-bond acceptors (Lipinski definition) is 6. The van der Waals surface area contributed by atoms with Crippen molar-refractivity contribution in [3.63, 3.8) is 0 Å². The van der Waals surface area contributed by atoms with Crippen LogP contribution in [0, 0.1) is 6.92 Å². The van der Waals surface area contributed by atoms with Crippen LogP contribution in [-0.4, -0.2) is 58.0 Å². The molecule has 9 nitrogen and oxygen atoms in total. The lowest BCUT2D eigenvalue weighted by atomic mass is 10.1. The molecular weight excluding hydrogens is 578 g/mol. The molecule has 0 radical (unpaired) electrons. The third kappa shape index (κ3) is 7.95. The van der Waals surface area contributed by atoms with Crippen molar-refractivity contribution in [1.82, 2.24) is 10.2 Å². The molecule has 0 fully saturated rings. The van der Waals surface area contributed by atoms with Crippen molar-refractivity contribution < 1.29 is 27.5 Å². The lowest BCUT2D eigenvalue weighted by Gasteiger charge is -2.33. The van der Waals surface area contributed by atoms with Crippen molar-refractivity contribution in [3.05, 3.63) is 82.9 Å². The second-order valence-corrected chi connectivity index (χ2v) is 12.4. The zero-order valence-corrected chi connectivity index (χ0v) is 26.3. The number of sulfonamides is 1. The number of carbonyl (C=O) groups is 2. The normalized spacial score (nSPS) is 12.0. The fraction of sp³-hybridized carbons (Fsp3) is 0.355. The molecule has 0 aromatic heterocycles. The molecule has 226 valence electrons. The van der Waals surface area contributed by atoms with Crippen LogP contribution >= 0.6 is 11.6 Å². The summed E-state index contributed by atoms with van der Waals surface area (Å²) in [4.78, 5) is 28.7. The maximum absolute atomic E-state index is 14.1. The van der Waals surface area contributed by atoms with Crippen LogP contribution in [0.3, 0.4) is 0 Å². The topological polar surface area (TPSA) is 105 Å². The van der Waals surface area contributed by atoms with Gasteiger partial charge >= 0.3 is 0 Å². The van der Waals surface area contributed by atoms with Crippen molar-refractivity contribution in [2.45, 2.75) is 57.6 Å². The molecular formula is C31H38ClN3O6S. The Labute approximate surface area is 253 Å². The highest BCUT2D eigenvalue weighted by Crippen LogP contribution is 2.32. The molecule has 1 N–H and O–H groups in total. The Morgan fingerprint density at radius 3 is 2.19 bits per heavy atom. The zero-order chi connectivity index (χ0) is 31.0. The maximum atomic E-state index is 14.1. The SMILES string of the molecule is CC[C@@H](C(=O)NC(C)C)N(Cc1cccc(C)c1)C(=O)CN(c1ccc(Cl)cc1)S(=O)(=O)c1ccc(OC)c(OC)c1. The molecule has 1 atom stereocenters. The van der Waals surface area contributed by atoms with Gasteiger partial charge in [-0.25, -0.2) is 8.42 Å². The van der Waals surface area contributed by atoms with Gasteiger partial charge in [0.05, 0.1) is 24.8 Å². The highest BCUT2D eigenvalue weighted by molar-refractivity contribution is 7.92. The predicted octanol–water partition coefficient (Wildman–Crippen LogP) is 5.19. The second kappa shape index (κ2) is 14.4. The van der Waals surface area contributed by atoms with Gasteiger partial charge in [-0.05, 0) is 69.2 Å². The quantitative estimate of drug-likeness (QED) is 0.284. The number of anilines is 1. The third-order valence-electron chi connectivity index (χ3n) is 6.59. The smallest absolute Gasteiger partial charge is 0.264 e. The number of hydrogen-bond donors (Lipinski definition) is 1. The number of rotatable bonds is 13. The lowest BCUT2D eigenvalue weighted by molar-refractivity contribution is -0.140. The Kier molecular flexibility index (Phi) is 11.2. The summed E-state index contributed by atoms with van der Waals surface area (Å²) in [5.41, 5.74) is 2.05. The number of carbonyl (C=O) groups excluding carboxylic acids is 2. The Bertz CT molecular complexity index is 1490. The Hall–Kier alpha value is -3.76. The minimum atomic E-state index is -4.30. The summed E-state index contributed by atoms with van der Waals surface area (Å²) in [6.45, 7) is 7.00. The van der Waals surface area contributed by atoms with Gasteiger partial charge in [0.1, 0.15) is 12.6 Å². The number of ether oxygens (including phenoxy) is 2. The van der Waals surface area contributed by atoms with E-state index in [2.05, 4.69) is 5.32 Å². The number of amides is 2. The van der Waals surface area contributed by atoms with Crippen molar-refractivity contribution in [2.75, 3.05) is 25.1 Å². The molecule has 0 saturated carbocycles. The van der Waals surface area contributed by atoms with Crippen LogP contribution in [-0.2, 0) is 26.2 Å². The Morgan fingerprint density at radius 1 is 0.952 bits per heavy atom. The summed E-state index contributed by atoms with van der Waals surface area (Å²) in [5, 5.41) is 3.30. The first-order valence-electron chi connectivity index (χ1n) is 13.6. The van der Waals surface area contributed by atoms with E-state index in [0.29, 0.717) is 17.2 Å². The molecule has 0 aliphatic rings. The van der Waals surface area contributed by atoms with Gasteiger partial charge in [0.25, 0.3) is 10.0 Å². The molecule has 42 heavy (non-hydrogen) atoms. The van der Waals surface area contributed by atoms with Crippen LogP contribution in [0.4, 0.5) is 5.69 Å². The van der Waals surface area contributed by atoms with Crippen LogP contribution < -0.4 is 19.1 Å². The second-order valence-electron chi connectivity index (χ2n) is 10.1. The van der Waals surface area contributed by atoms with Crippen molar-refractivity contribution in [2.24, 2.45) is 0 Å². The van der Waals surface area contributed by atoms with Gasteiger partial charge in [0.2, 0.25) is 11.8 Å². The molecule has 3 aromatic rings. The standard InChI is InChI=1S/C31H38ClN3O6S/c1-7-27(31(37)33-21(2)3)34(19-23-10-8-9-22(4)17-23)30(36)20-35(25-13-11-24(32)12-14-25)42(38,39)26-15-16-28(40-5)29(18-26)41-6/h8-18,21,27H,7,19-20H2,1-6H3,(H,33,37)/t27-/m0/s1. The molecule has 0 bridgehead atoms. The summed E-state index contributed by atoms with van der Waals surface area (Å²) < 4.78 is 39.8. The number of nitrogens with one attached hydrogen (secondary N) is 1. The molecule has 11 heteroatoms. The average molecular weight is 616 g/mol. The van der Waals surface area contributed by atoms with Crippen LogP contribution in [0.25, 0.3) is 0 Å². The summed E-state index contributed by atoms with van der Waals surface area (Å²) in [6, 6.07) is 17.0. The number of methoxy groups -OCH3 is 2. The van der Waals surface area contributed by atoms with Gasteiger partial charge in [-0.1, -0.05) is 48.4 Å². The monoisotopic (exact) mass is 615 g/mol. The van der Waals surface area contributed by atoms with E-state index in [1.54, 1.807) is 12.1 Å². The Balaban J connectivity index is 2.10. The van der Waals surface area contributed by atoms with Crippen LogP contribution in [0.1, 0.15) is 38.3 Å². The highest BCUT2D eigenvalue weighted by Gasteiger charge is 2.34. The minimum absolute atomic E-state index is 0.0993. The number of halogens is 1. The molecule has 0 heterocycles. The molecule has 0 aliphatic carbocycles. The fourth-order valence-corrected chi connectivity index (χ4v) is 6.10. The largest absolute Gasteiger partial charge is 0.493 e. The fourth-order valence-electron chi connectivity index (χ4n) is 4.55. The molecule has 0 unspecified atom stereocenters. The van der Waals surface area contributed by atoms with E-state index in [9.17, 15) is 18.0 Å². The van der Waals surface area contributed by atoms with E-state index < -0.39 is 28.5 Å². The van der Waals surface area contributed by atoms with Gasteiger partial charge < -0.3 is 19.7 Å². The van der Waals surface area contributed by atoms with Gasteiger partial charge in [-0.15, -0.1) is 0 Å². The molecule has 3 aromatic carbocycles. The molecule has 2 amide bonds. The number of benzene rings is 3. The van der Waals surface area contributed by atoms with Crippen LogP contribution in [0.15, 0.2) is 71.6 Å². The summed E-state index contributed by atoms with van der Waals surface area (Å²) >= 11 is 6.10. The van der Waals surface area contributed by atoms with Gasteiger partial charge in [-0.3, -0.25) is 13.9 Å². The first kappa shape index (κ1) is 32.8. The third-order valence-corrected chi connectivity index (χ3v) is 8.61. The first-order valence-corrected chi connectivity index (χ1v) is 15.4. The van der Waals surface area contributed by atoms with E-state index >= 15 is 0 Å². The highest BCUT2D eigenvalue weighted by atomic mass is 35.5. The minimum Gasteiger partial charge on any atom is -0.493 e. The van der Waals surface area contributed by atoms with Crippen molar-refractivity contribution in [3.8, 4) is 11.5 Å². The van der Waals surface area contributed by atoms with Crippen LogP contribution in [0.2, 0.25) is 5.02 Å². The van der Waals surface area contributed by atoms with E-state index in [1.165, 1.54) is 49.5 Å². The molecule has 0 aliphatic heterocycles. The lowest BCUT2D eigenvalue weighted by Crippen LogP contribution is -2.53. The molecule has 3 rings (SSSR count). The Morgan fingerprint density at radius 2 is 1.62 bits per heavy atom. The number of nitrogens with zero attached hydrogens (tertiary/aromatic N) is 2. The maximum Gasteiger partial charge on any atom is 0.264 e. The van der Waals surface area contributed by atoms with Crippen molar-refractivity contribution in [1.29, 1.82) is 0 Å². The molecule has 0 saturated heterocycles. The molecule has 0 spiro atoms. The summed E-state index contributed by atoms with van der Waals surface area (Å²) in [7, 11) is -1.44. The van der Waals surface area contributed by atoms with Gasteiger partial charge in [0, 0.05) is 23.7 Å². The van der Waals surface area contributed by atoms with E-state index in [-0.39, 0.29) is 34.8 Å². The van der Waals surface area contributed by atoms with E-state index in [0.717, 1.165) is 15.4 Å². The number of aryl methyl sites for hydroxylation is 1. The van der Waals surface area contributed by atoms with Crippen molar-refractivity contribution >= 4 is 39.1 Å².